The summed E-state index contributed by atoms with van der Waals surface area (Å²) in [4.78, 5) is 14.3. The van der Waals surface area contributed by atoms with Gasteiger partial charge >= 0.3 is 6.03 Å². The van der Waals surface area contributed by atoms with Gasteiger partial charge < -0.3 is 15.0 Å². The van der Waals surface area contributed by atoms with Crippen molar-refractivity contribution in [3.8, 4) is 5.75 Å². The van der Waals surface area contributed by atoms with E-state index in [2.05, 4.69) is 24.4 Å². The highest BCUT2D eigenvalue weighted by atomic mass is 16.5. The molecule has 21 heavy (non-hydrogen) atoms. The van der Waals surface area contributed by atoms with Crippen molar-refractivity contribution in [3.63, 3.8) is 0 Å². The zero-order valence-electron chi connectivity index (χ0n) is 13.1. The number of hydrogen-bond donors (Lipinski definition) is 1. The van der Waals surface area contributed by atoms with Crippen molar-refractivity contribution in [2.75, 3.05) is 20.2 Å². The van der Waals surface area contributed by atoms with Gasteiger partial charge in [0.2, 0.25) is 0 Å². The Bertz CT molecular complexity index is 445. The van der Waals surface area contributed by atoms with Crippen LogP contribution in [0.1, 0.15) is 50.6 Å². The van der Waals surface area contributed by atoms with Crippen molar-refractivity contribution < 1.29 is 9.53 Å². The lowest BCUT2D eigenvalue weighted by atomic mass is 10.0. The molecule has 1 atom stereocenters. The van der Waals surface area contributed by atoms with E-state index in [0.29, 0.717) is 0 Å². The Hall–Kier alpha value is -1.71. The minimum atomic E-state index is 0.0735. The second-order valence-electron chi connectivity index (χ2n) is 5.56. The van der Waals surface area contributed by atoms with Crippen molar-refractivity contribution in [1.82, 2.24) is 10.2 Å². The lowest BCUT2D eigenvalue weighted by Gasteiger charge is -2.25. The van der Waals surface area contributed by atoms with Crippen LogP contribution in [0, 0.1) is 0 Å². The highest BCUT2D eigenvalue weighted by Gasteiger charge is 2.29. The Morgan fingerprint density at radius 1 is 1.33 bits per heavy atom. The Labute approximate surface area is 127 Å². The first-order valence-electron chi connectivity index (χ1n) is 7.94. The summed E-state index contributed by atoms with van der Waals surface area (Å²) in [5.74, 6) is 0.854. The molecule has 1 fully saturated rings. The molecule has 2 amide bonds. The number of benzene rings is 1. The van der Waals surface area contributed by atoms with E-state index in [1.54, 1.807) is 7.11 Å². The number of hydrogen-bond acceptors (Lipinski definition) is 2. The molecule has 0 aromatic heterocycles. The number of unbranched alkanes of at least 4 members (excludes halogenated alkanes) is 2. The van der Waals surface area contributed by atoms with Crippen LogP contribution < -0.4 is 10.1 Å². The maximum Gasteiger partial charge on any atom is 0.317 e. The van der Waals surface area contributed by atoms with Crippen LogP contribution >= 0.6 is 0 Å². The molecule has 1 unspecified atom stereocenters. The predicted octanol–water partition coefficient (Wildman–Crippen LogP) is 3.73. The average molecular weight is 290 g/mol. The standard InChI is InChI=1S/C17H26N2O2/c1-3-4-5-12-18-17(20)19-13-6-7-16(19)14-8-10-15(21-2)11-9-14/h8-11,16H,3-7,12-13H2,1-2H3,(H,18,20). The van der Waals surface area contributed by atoms with Crippen LogP contribution in [0.3, 0.4) is 0 Å². The SMILES string of the molecule is CCCCCNC(=O)N1CCCC1c1ccc(OC)cc1. The number of ether oxygens (including phenoxy) is 1. The Morgan fingerprint density at radius 2 is 2.10 bits per heavy atom. The largest absolute Gasteiger partial charge is 0.497 e. The minimum absolute atomic E-state index is 0.0735. The lowest BCUT2D eigenvalue weighted by Crippen LogP contribution is -2.39. The number of methoxy groups -OCH3 is 1. The summed E-state index contributed by atoms with van der Waals surface area (Å²) in [5.41, 5.74) is 1.19. The van der Waals surface area contributed by atoms with E-state index in [1.807, 2.05) is 17.0 Å². The van der Waals surface area contributed by atoms with Gasteiger partial charge in [0.1, 0.15) is 5.75 Å². The van der Waals surface area contributed by atoms with E-state index in [1.165, 1.54) is 18.4 Å². The first-order valence-corrected chi connectivity index (χ1v) is 7.94. The number of carbonyl (C=O) groups is 1. The summed E-state index contributed by atoms with van der Waals surface area (Å²) >= 11 is 0. The van der Waals surface area contributed by atoms with Crippen molar-refractivity contribution >= 4 is 6.03 Å². The van der Waals surface area contributed by atoms with Gasteiger partial charge in [0, 0.05) is 13.1 Å². The van der Waals surface area contributed by atoms with Gasteiger partial charge in [-0.05, 0) is 37.0 Å². The van der Waals surface area contributed by atoms with Crippen LogP contribution in [-0.2, 0) is 0 Å². The third kappa shape index (κ3) is 4.13. The van der Waals surface area contributed by atoms with Crippen LogP contribution in [-0.4, -0.2) is 31.1 Å². The number of amides is 2. The molecule has 1 saturated heterocycles. The molecule has 1 heterocycles. The second kappa shape index (κ2) is 7.91. The molecule has 1 aliphatic rings. The highest BCUT2D eigenvalue weighted by Crippen LogP contribution is 2.32. The minimum Gasteiger partial charge on any atom is -0.497 e. The molecular weight excluding hydrogens is 264 g/mol. The van der Waals surface area contributed by atoms with E-state index in [4.69, 9.17) is 4.74 Å². The van der Waals surface area contributed by atoms with Gasteiger partial charge in [-0.2, -0.15) is 0 Å². The van der Waals surface area contributed by atoms with E-state index < -0.39 is 0 Å². The topological polar surface area (TPSA) is 41.6 Å². The van der Waals surface area contributed by atoms with Gasteiger partial charge in [-0.15, -0.1) is 0 Å². The molecule has 1 aromatic rings. The van der Waals surface area contributed by atoms with Crippen LogP contribution in [0.15, 0.2) is 24.3 Å². The van der Waals surface area contributed by atoms with Gasteiger partial charge in [-0.1, -0.05) is 31.9 Å². The number of nitrogens with one attached hydrogen (secondary N) is 1. The Balaban J connectivity index is 1.93. The number of likely N-dealkylation sites (tertiary alicyclic amines) is 1. The van der Waals surface area contributed by atoms with Crippen LogP contribution in [0.5, 0.6) is 5.75 Å². The number of nitrogens with zero attached hydrogens (tertiary/aromatic N) is 1. The smallest absolute Gasteiger partial charge is 0.317 e. The lowest BCUT2D eigenvalue weighted by molar-refractivity contribution is 0.193. The fourth-order valence-electron chi connectivity index (χ4n) is 2.85. The van der Waals surface area contributed by atoms with E-state index in [9.17, 15) is 4.79 Å². The average Bonchev–Trinajstić information content (AvgIpc) is 3.01. The summed E-state index contributed by atoms with van der Waals surface area (Å²) in [6, 6.07) is 8.32. The van der Waals surface area contributed by atoms with Crippen molar-refractivity contribution in [1.29, 1.82) is 0 Å². The predicted molar refractivity (Wildman–Crippen MR) is 84.6 cm³/mol. The zero-order chi connectivity index (χ0) is 15.1. The highest BCUT2D eigenvalue weighted by molar-refractivity contribution is 5.75. The summed E-state index contributed by atoms with van der Waals surface area (Å²) in [6.45, 7) is 3.79. The molecule has 4 heteroatoms. The van der Waals surface area contributed by atoms with Gasteiger partial charge in [0.05, 0.1) is 13.2 Å². The number of carbonyl (C=O) groups excluding carboxylic acids is 1. The molecule has 2 rings (SSSR count). The molecule has 0 saturated carbocycles. The van der Waals surface area contributed by atoms with Crippen molar-refractivity contribution in [3.05, 3.63) is 29.8 Å². The van der Waals surface area contributed by atoms with Crippen LogP contribution in [0.4, 0.5) is 4.79 Å². The fraction of sp³-hybridized carbons (Fsp3) is 0.588. The molecule has 0 bridgehead atoms. The molecule has 0 radical (unpaired) electrons. The monoisotopic (exact) mass is 290 g/mol. The Kier molecular flexibility index (Phi) is 5.90. The van der Waals surface area contributed by atoms with E-state index in [0.717, 1.165) is 38.1 Å². The summed E-state index contributed by atoms with van der Waals surface area (Å²) in [7, 11) is 1.67. The van der Waals surface area contributed by atoms with Gasteiger partial charge in [-0.3, -0.25) is 0 Å². The number of rotatable bonds is 6. The molecule has 1 aliphatic heterocycles. The maximum absolute atomic E-state index is 12.3. The number of urea groups is 1. The summed E-state index contributed by atoms with van der Waals surface area (Å²) in [6.07, 6.45) is 5.51. The van der Waals surface area contributed by atoms with Crippen molar-refractivity contribution in [2.24, 2.45) is 0 Å². The quantitative estimate of drug-likeness (QED) is 0.811. The molecular formula is C17H26N2O2. The van der Waals surface area contributed by atoms with Gasteiger partial charge in [0.25, 0.3) is 0 Å². The van der Waals surface area contributed by atoms with E-state index >= 15 is 0 Å². The summed E-state index contributed by atoms with van der Waals surface area (Å²) in [5, 5.41) is 3.04. The third-order valence-electron chi connectivity index (χ3n) is 4.07. The molecule has 0 spiro atoms. The van der Waals surface area contributed by atoms with Crippen molar-refractivity contribution in [2.45, 2.75) is 45.1 Å². The normalized spacial score (nSPS) is 17.8. The second-order valence-corrected chi connectivity index (χ2v) is 5.56. The molecule has 1 N–H and O–H groups in total. The third-order valence-corrected chi connectivity index (χ3v) is 4.07. The van der Waals surface area contributed by atoms with Crippen LogP contribution in [0.2, 0.25) is 0 Å². The van der Waals surface area contributed by atoms with E-state index in [-0.39, 0.29) is 12.1 Å². The fourth-order valence-corrected chi connectivity index (χ4v) is 2.85. The Morgan fingerprint density at radius 3 is 2.76 bits per heavy atom. The molecule has 0 aliphatic carbocycles. The zero-order valence-corrected chi connectivity index (χ0v) is 13.1. The molecule has 1 aromatic carbocycles. The van der Waals surface area contributed by atoms with Crippen LogP contribution in [0.25, 0.3) is 0 Å². The maximum atomic E-state index is 12.3. The van der Waals surface area contributed by atoms with Gasteiger partial charge in [-0.25, -0.2) is 4.79 Å². The molecule has 4 nitrogen and oxygen atoms in total. The summed E-state index contributed by atoms with van der Waals surface area (Å²) < 4.78 is 5.19. The first kappa shape index (κ1) is 15.7. The molecule has 116 valence electrons. The van der Waals surface area contributed by atoms with Gasteiger partial charge in [0.15, 0.2) is 0 Å². The first-order chi connectivity index (χ1) is 10.3.